The number of aryl methyl sites for hydroxylation is 1. The Labute approximate surface area is 148 Å². The van der Waals surface area contributed by atoms with E-state index in [1.165, 1.54) is 6.07 Å². The van der Waals surface area contributed by atoms with Crippen molar-refractivity contribution in [2.75, 3.05) is 11.9 Å². The summed E-state index contributed by atoms with van der Waals surface area (Å²) >= 11 is 5.70. The fourth-order valence-electron chi connectivity index (χ4n) is 2.44. The van der Waals surface area contributed by atoms with Crippen LogP contribution in [0.3, 0.4) is 0 Å². The van der Waals surface area contributed by atoms with Crippen molar-refractivity contribution in [3.05, 3.63) is 58.6 Å². The third-order valence-electron chi connectivity index (χ3n) is 3.74. The lowest BCUT2D eigenvalue weighted by Gasteiger charge is -2.08. The first-order valence-corrected chi connectivity index (χ1v) is 8.07. The van der Waals surface area contributed by atoms with Crippen molar-refractivity contribution < 1.29 is 13.9 Å². The number of carbonyl (C=O) groups excluding carboxylic acids is 1. The van der Waals surface area contributed by atoms with Crippen molar-refractivity contribution in [2.24, 2.45) is 10.7 Å². The number of aromatic nitrogens is 1. The van der Waals surface area contributed by atoms with Crippen molar-refractivity contribution >= 4 is 29.2 Å². The van der Waals surface area contributed by atoms with Crippen LogP contribution in [-0.2, 0) is 11.2 Å². The SMILES string of the molecule is NC1=NC(CCc2ccc(NC(=O)c3nc(Cl)ccc3F)cc2)CO1. The molecular weight excluding hydrogens is 347 g/mol. The lowest BCUT2D eigenvalue weighted by molar-refractivity contribution is 0.101. The van der Waals surface area contributed by atoms with Crippen LogP contribution in [0.15, 0.2) is 41.4 Å². The van der Waals surface area contributed by atoms with Crippen LogP contribution >= 0.6 is 11.6 Å². The van der Waals surface area contributed by atoms with Crippen LogP contribution in [0.25, 0.3) is 0 Å². The molecule has 0 aliphatic carbocycles. The molecule has 0 saturated heterocycles. The Hall–Kier alpha value is -2.67. The first-order chi connectivity index (χ1) is 12.0. The zero-order valence-electron chi connectivity index (χ0n) is 13.2. The van der Waals surface area contributed by atoms with Gasteiger partial charge in [0.15, 0.2) is 11.5 Å². The maximum Gasteiger partial charge on any atom is 0.282 e. The summed E-state index contributed by atoms with van der Waals surface area (Å²) in [5, 5.41) is 2.65. The summed E-state index contributed by atoms with van der Waals surface area (Å²) in [5.41, 5.74) is 6.77. The van der Waals surface area contributed by atoms with E-state index in [1.54, 1.807) is 12.1 Å². The number of hydrogen-bond acceptors (Lipinski definition) is 5. The largest absolute Gasteiger partial charge is 0.463 e. The Kier molecular flexibility index (Phi) is 5.14. The Morgan fingerprint density at radius 2 is 2.08 bits per heavy atom. The predicted octanol–water partition coefficient (Wildman–Crippen LogP) is 2.77. The molecule has 3 N–H and O–H groups in total. The third kappa shape index (κ3) is 4.45. The van der Waals surface area contributed by atoms with Crippen molar-refractivity contribution in [3.8, 4) is 0 Å². The average Bonchev–Trinajstić information content (AvgIpc) is 3.02. The molecule has 25 heavy (non-hydrogen) atoms. The smallest absolute Gasteiger partial charge is 0.282 e. The Morgan fingerprint density at radius 1 is 1.32 bits per heavy atom. The van der Waals surface area contributed by atoms with Crippen LogP contribution in [0.5, 0.6) is 0 Å². The molecule has 1 atom stereocenters. The van der Waals surface area contributed by atoms with Gasteiger partial charge in [0.1, 0.15) is 11.8 Å². The first kappa shape index (κ1) is 17.2. The number of aliphatic imine (C=N–C) groups is 1. The maximum absolute atomic E-state index is 13.7. The van der Waals surface area contributed by atoms with Gasteiger partial charge in [-0.15, -0.1) is 0 Å². The quantitative estimate of drug-likeness (QED) is 0.800. The predicted molar refractivity (Wildman–Crippen MR) is 93.3 cm³/mol. The lowest BCUT2D eigenvalue weighted by Crippen LogP contribution is -2.15. The molecule has 1 aliphatic heterocycles. The van der Waals surface area contributed by atoms with E-state index in [1.807, 2.05) is 12.1 Å². The summed E-state index contributed by atoms with van der Waals surface area (Å²) in [6, 6.07) is 9.99. The molecule has 0 radical (unpaired) electrons. The van der Waals surface area contributed by atoms with E-state index in [4.69, 9.17) is 22.1 Å². The normalized spacial score (nSPS) is 16.2. The van der Waals surface area contributed by atoms with E-state index in [0.29, 0.717) is 12.3 Å². The van der Waals surface area contributed by atoms with E-state index in [2.05, 4.69) is 15.3 Å². The molecule has 0 saturated carbocycles. The highest BCUT2D eigenvalue weighted by molar-refractivity contribution is 6.29. The molecule has 1 aromatic heterocycles. The van der Waals surface area contributed by atoms with Crippen molar-refractivity contribution in [1.29, 1.82) is 0 Å². The van der Waals surface area contributed by atoms with Gasteiger partial charge in [-0.3, -0.25) is 4.79 Å². The fraction of sp³-hybridized carbons (Fsp3) is 0.235. The number of amidine groups is 1. The summed E-state index contributed by atoms with van der Waals surface area (Å²) in [7, 11) is 0. The number of benzene rings is 1. The number of nitrogens with zero attached hydrogens (tertiary/aromatic N) is 2. The number of halogens is 2. The molecule has 2 heterocycles. The van der Waals surface area contributed by atoms with Gasteiger partial charge >= 0.3 is 0 Å². The van der Waals surface area contributed by atoms with E-state index >= 15 is 0 Å². The van der Waals surface area contributed by atoms with Crippen LogP contribution in [0.2, 0.25) is 5.15 Å². The minimum atomic E-state index is -0.725. The van der Waals surface area contributed by atoms with Gasteiger partial charge in [-0.05, 0) is 42.7 Å². The molecule has 1 aliphatic rings. The van der Waals surface area contributed by atoms with Crippen LogP contribution in [0.4, 0.5) is 10.1 Å². The van der Waals surface area contributed by atoms with Gasteiger partial charge in [-0.25, -0.2) is 14.4 Å². The highest BCUT2D eigenvalue weighted by Crippen LogP contribution is 2.16. The van der Waals surface area contributed by atoms with Gasteiger partial charge in [0.25, 0.3) is 11.9 Å². The van der Waals surface area contributed by atoms with Crippen molar-refractivity contribution in [3.63, 3.8) is 0 Å². The van der Waals surface area contributed by atoms with Crippen LogP contribution in [0.1, 0.15) is 22.5 Å². The number of nitrogens with one attached hydrogen (secondary N) is 1. The number of nitrogens with two attached hydrogens (primary N) is 1. The van der Waals surface area contributed by atoms with Gasteiger partial charge in [-0.1, -0.05) is 23.7 Å². The molecule has 1 amide bonds. The summed E-state index contributed by atoms with van der Waals surface area (Å²) in [6.45, 7) is 0.512. The number of hydrogen-bond donors (Lipinski definition) is 2. The second kappa shape index (κ2) is 7.48. The summed E-state index contributed by atoms with van der Waals surface area (Å²) in [5.74, 6) is -1.38. The van der Waals surface area contributed by atoms with E-state index in [9.17, 15) is 9.18 Å². The minimum Gasteiger partial charge on any atom is -0.463 e. The second-order valence-electron chi connectivity index (χ2n) is 5.59. The number of carbonyl (C=O) groups is 1. The van der Waals surface area contributed by atoms with Crippen molar-refractivity contribution in [2.45, 2.75) is 18.9 Å². The number of pyridine rings is 1. The highest BCUT2D eigenvalue weighted by Gasteiger charge is 2.17. The van der Waals surface area contributed by atoms with Gasteiger partial charge in [0.05, 0.1) is 6.04 Å². The number of anilines is 1. The molecule has 1 aromatic carbocycles. The zero-order chi connectivity index (χ0) is 17.8. The average molecular weight is 363 g/mol. The molecule has 0 spiro atoms. The standard InChI is InChI=1S/C17H16ClFN4O2/c18-14-8-7-13(19)15(23-14)16(24)21-11-4-1-10(2-5-11)3-6-12-9-25-17(20)22-12/h1-2,4-5,7-8,12H,3,6,9H2,(H2,20,22)(H,21,24). The molecule has 8 heteroatoms. The maximum atomic E-state index is 13.7. The zero-order valence-corrected chi connectivity index (χ0v) is 14.0. The molecule has 0 bridgehead atoms. The van der Waals surface area contributed by atoms with Crippen LogP contribution < -0.4 is 11.1 Å². The first-order valence-electron chi connectivity index (χ1n) is 7.69. The molecule has 2 aromatic rings. The number of rotatable bonds is 5. The second-order valence-corrected chi connectivity index (χ2v) is 5.97. The molecule has 3 rings (SSSR count). The van der Waals surface area contributed by atoms with Gasteiger partial charge < -0.3 is 15.8 Å². The summed E-state index contributed by atoms with van der Waals surface area (Å²) in [4.78, 5) is 20.0. The highest BCUT2D eigenvalue weighted by atomic mass is 35.5. The topological polar surface area (TPSA) is 89.6 Å². The molecule has 130 valence electrons. The molecule has 0 fully saturated rings. The van der Waals surface area contributed by atoms with Gasteiger partial charge in [0.2, 0.25) is 0 Å². The lowest BCUT2D eigenvalue weighted by atomic mass is 10.1. The number of ether oxygens (including phenoxy) is 1. The van der Waals surface area contributed by atoms with Gasteiger partial charge in [0, 0.05) is 5.69 Å². The molecule has 6 nitrogen and oxygen atoms in total. The van der Waals surface area contributed by atoms with Crippen molar-refractivity contribution in [1.82, 2.24) is 4.98 Å². The Bertz CT molecular complexity index is 811. The van der Waals surface area contributed by atoms with Crippen LogP contribution in [0, 0.1) is 5.82 Å². The minimum absolute atomic E-state index is 0.0566. The van der Waals surface area contributed by atoms with E-state index in [0.717, 1.165) is 24.5 Å². The van der Waals surface area contributed by atoms with Crippen LogP contribution in [-0.4, -0.2) is 29.6 Å². The molecular formula is C17H16ClFN4O2. The molecule has 1 unspecified atom stereocenters. The van der Waals surface area contributed by atoms with E-state index in [-0.39, 0.29) is 22.9 Å². The fourth-order valence-corrected chi connectivity index (χ4v) is 2.59. The summed E-state index contributed by atoms with van der Waals surface area (Å²) in [6.07, 6.45) is 1.63. The third-order valence-corrected chi connectivity index (χ3v) is 3.95. The number of amides is 1. The van der Waals surface area contributed by atoms with Gasteiger partial charge in [-0.2, -0.15) is 0 Å². The summed E-state index contributed by atoms with van der Waals surface area (Å²) < 4.78 is 18.8. The Morgan fingerprint density at radius 3 is 2.76 bits per heavy atom. The van der Waals surface area contributed by atoms with E-state index < -0.39 is 11.7 Å². The monoisotopic (exact) mass is 362 g/mol. The Balaban J connectivity index is 1.58.